The molecule has 2 aliphatic carbocycles. The van der Waals surface area contributed by atoms with Crippen LogP contribution in [0.25, 0.3) is 11.4 Å². The first-order valence-electron chi connectivity index (χ1n) is 16.0. The van der Waals surface area contributed by atoms with Crippen molar-refractivity contribution in [2.75, 3.05) is 0 Å². The molecule has 38 heavy (non-hydrogen) atoms. The van der Waals surface area contributed by atoms with Crippen LogP contribution < -0.4 is 0 Å². The van der Waals surface area contributed by atoms with Gasteiger partial charge in [-0.05, 0) is 86.7 Å². The molecule has 0 spiro atoms. The third-order valence-electron chi connectivity index (χ3n) is 9.78. The highest BCUT2D eigenvalue weighted by molar-refractivity contribution is 5.55. The Bertz CT molecular complexity index is 971. The van der Waals surface area contributed by atoms with Gasteiger partial charge >= 0.3 is 0 Å². The van der Waals surface area contributed by atoms with Crippen molar-refractivity contribution < 1.29 is 0 Å². The van der Waals surface area contributed by atoms with Gasteiger partial charge in [-0.15, -0.1) is 0 Å². The molecule has 206 valence electrons. The second-order valence-corrected chi connectivity index (χ2v) is 12.5. The van der Waals surface area contributed by atoms with E-state index in [1.807, 2.05) is 0 Å². The first-order valence-corrected chi connectivity index (χ1v) is 16.0. The van der Waals surface area contributed by atoms with Gasteiger partial charge in [0.1, 0.15) is 0 Å². The van der Waals surface area contributed by atoms with Crippen LogP contribution in [-0.2, 0) is 0 Å². The Balaban J connectivity index is 1.25. The van der Waals surface area contributed by atoms with E-state index >= 15 is 0 Å². The normalized spacial score (nSPS) is 25.7. The molecule has 0 N–H and O–H groups in total. The van der Waals surface area contributed by atoms with Crippen LogP contribution in [0.4, 0.5) is 0 Å². The monoisotopic (exact) mass is 513 g/mol. The summed E-state index contributed by atoms with van der Waals surface area (Å²) in [5.74, 6) is 2.99. The number of nitrogens with zero attached hydrogens (tertiary/aromatic N) is 3. The molecule has 0 bridgehead atoms. The van der Waals surface area contributed by atoms with Crippen molar-refractivity contribution in [3.63, 3.8) is 0 Å². The Morgan fingerprint density at radius 2 is 1.34 bits per heavy atom. The molecule has 2 fully saturated rings. The van der Waals surface area contributed by atoms with E-state index in [-0.39, 0.29) is 5.41 Å². The lowest BCUT2D eigenvalue weighted by atomic mass is 9.67. The largest absolute Gasteiger partial charge is 0.236 e. The average Bonchev–Trinajstić information content (AvgIpc) is 2.98. The molecule has 3 heteroatoms. The van der Waals surface area contributed by atoms with Gasteiger partial charge in [0.25, 0.3) is 0 Å². The van der Waals surface area contributed by atoms with E-state index in [1.165, 1.54) is 94.6 Å². The third kappa shape index (κ3) is 7.91. The van der Waals surface area contributed by atoms with Crippen molar-refractivity contribution in [2.45, 2.75) is 141 Å². The van der Waals surface area contributed by atoms with Crippen molar-refractivity contribution >= 4 is 0 Å². The number of aromatic nitrogens is 2. The molecule has 0 aliphatic heterocycles. The van der Waals surface area contributed by atoms with E-state index in [2.05, 4.69) is 56.6 Å². The van der Waals surface area contributed by atoms with Crippen LogP contribution in [0.5, 0.6) is 0 Å². The standard InChI is InChI=1S/C35H51N3/c1-3-5-7-8-10-22-35(27-36)23-20-31(21-24-35)29-16-18-32(19-17-29)34-37-25-33(26-38-34)30-14-12-28(13-15-30)11-9-6-4-2/h16-19,25-26,28,30-31H,3-15,20-24H2,1-2H3. The molecule has 0 saturated heterocycles. The van der Waals surface area contributed by atoms with E-state index in [1.54, 1.807) is 0 Å². The smallest absolute Gasteiger partial charge is 0.159 e. The highest BCUT2D eigenvalue weighted by Crippen LogP contribution is 2.46. The first kappa shape index (κ1) is 28.8. The number of unbranched alkanes of at least 4 members (excludes halogenated alkanes) is 6. The maximum Gasteiger partial charge on any atom is 0.159 e. The molecule has 0 atom stereocenters. The summed E-state index contributed by atoms with van der Waals surface area (Å²) in [6, 6.07) is 11.7. The van der Waals surface area contributed by atoms with Crippen LogP contribution in [0.2, 0.25) is 0 Å². The minimum absolute atomic E-state index is 0.0768. The zero-order valence-electron chi connectivity index (χ0n) is 24.3. The zero-order valence-corrected chi connectivity index (χ0v) is 24.3. The molecular weight excluding hydrogens is 462 g/mol. The molecule has 3 nitrogen and oxygen atoms in total. The van der Waals surface area contributed by atoms with Gasteiger partial charge in [-0.1, -0.05) is 95.9 Å². The summed E-state index contributed by atoms with van der Waals surface area (Å²) in [5.41, 5.74) is 3.77. The van der Waals surface area contributed by atoms with Gasteiger partial charge in [0.05, 0.1) is 11.5 Å². The molecule has 2 aliphatic rings. The lowest BCUT2D eigenvalue weighted by molar-refractivity contribution is 0.223. The summed E-state index contributed by atoms with van der Waals surface area (Å²) in [6.07, 6.45) is 26.9. The van der Waals surface area contributed by atoms with Crippen LogP contribution in [0.15, 0.2) is 36.7 Å². The number of nitriles is 1. The number of benzene rings is 1. The Hall–Kier alpha value is -2.21. The number of hydrogen-bond donors (Lipinski definition) is 0. The van der Waals surface area contributed by atoms with Crippen molar-refractivity contribution in [1.29, 1.82) is 5.26 Å². The summed E-state index contributed by atoms with van der Waals surface area (Å²) in [5, 5.41) is 9.95. The van der Waals surface area contributed by atoms with Crippen LogP contribution in [0.3, 0.4) is 0 Å². The number of rotatable bonds is 13. The van der Waals surface area contributed by atoms with Crippen LogP contribution in [-0.4, -0.2) is 9.97 Å². The molecule has 4 rings (SSSR count). The fraction of sp³-hybridized carbons (Fsp3) is 0.686. The van der Waals surface area contributed by atoms with E-state index in [4.69, 9.17) is 9.97 Å². The molecule has 0 amide bonds. The quantitative estimate of drug-likeness (QED) is 0.250. The van der Waals surface area contributed by atoms with Crippen LogP contribution >= 0.6 is 0 Å². The lowest BCUT2D eigenvalue weighted by Gasteiger charge is -2.35. The second-order valence-electron chi connectivity index (χ2n) is 12.5. The van der Waals surface area contributed by atoms with Crippen molar-refractivity contribution in [3.05, 3.63) is 47.8 Å². The van der Waals surface area contributed by atoms with Crippen LogP contribution in [0, 0.1) is 22.7 Å². The maximum absolute atomic E-state index is 9.95. The molecule has 1 aromatic heterocycles. The molecular formula is C35H51N3. The van der Waals surface area contributed by atoms with Gasteiger partial charge in [-0.25, -0.2) is 9.97 Å². The highest BCUT2D eigenvalue weighted by atomic mass is 14.9. The fourth-order valence-electron chi connectivity index (χ4n) is 7.06. The van der Waals surface area contributed by atoms with Crippen molar-refractivity contribution in [3.8, 4) is 17.5 Å². The predicted octanol–water partition coefficient (Wildman–Crippen LogP) is 10.5. The Kier molecular flexibility index (Phi) is 11.2. The number of hydrogen-bond acceptors (Lipinski definition) is 3. The predicted molar refractivity (Wildman–Crippen MR) is 159 cm³/mol. The molecule has 0 radical (unpaired) electrons. The summed E-state index contributed by atoms with van der Waals surface area (Å²) >= 11 is 0. The zero-order chi connectivity index (χ0) is 26.6. The second kappa shape index (κ2) is 14.8. The average molecular weight is 514 g/mol. The Morgan fingerprint density at radius 1 is 0.737 bits per heavy atom. The Labute approximate surface area is 232 Å². The van der Waals surface area contributed by atoms with Gasteiger partial charge in [-0.2, -0.15) is 5.26 Å². The topological polar surface area (TPSA) is 49.6 Å². The first-order chi connectivity index (χ1) is 18.7. The van der Waals surface area contributed by atoms with Gasteiger partial charge in [0, 0.05) is 18.0 Å². The van der Waals surface area contributed by atoms with Gasteiger partial charge in [0.2, 0.25) is 0 Å². The summed E-state index contributed by atoms with van der Waals surface area (Å²) in [6.45, 7) is 4.55. The van der Waals surface area contributed by atoms with E-state index in [0.29, 0.717) is 11.8 Å². The van der Waals surface area contributed by atoms with E-state index in [0.717, 1.165) is 49.4 Å². The van der Waals surface area contributed by atoms with Crippen molar-refractivity contribution in [1.82, 2.24) is 9.97 Å². The molecule has 2 aromatic rings. The molecule has 1 heterocycles. The minimum atomic E-state index is -0.0768. The fourth-order valence-corrected chi connectivity index (χ4v) is 7.06. The lowest BCUT2D eigenvalue weighted by Crippen LogP contribution is -2.25. The Morgan fingerprint density at radius 3 is 1.97 bits per heavy atom. The summed E-state index contributed by atoms with van der Waals surface area (Å²) < 4.78 is 0. The minimum Gasteiger partial charge on any atom is -0.236 e. The molecule has 1 aromatic carbocycles. The van der Waals surface area contributed by atoms with Gasteiger partial charge in [-0.3, -0.25) is 0 Å². The maximum atomic E-state index is 9.95. The van der Waals surface area contributed by atoms with Crippen LogP contribution in [0.1, 0.15) is 152 Å². The van der Waals surface area contributed by atoms with E-state index < -0.39 is 0 Å². The van der Waals surface area contributed by atoms with Gasteiger partial charge in [0.15, 0.2) is 5.82 Å². The summed E-state index contributed by atoms with van der Waals surface area (Å²) in [4.78, 5) is 9.55. The third-order valence-corrected chi connectivity index (χ3v) is 9.78. The SMILES string of the molecule is CCCCCCCC1(C#N)CCC(c2ccc(-c3ncc(C4CCC(CCCCC)CC4)cn3)cc2)CC1. The van der Waals surface area contributed by atoms with E-state index in [9.17, 15) is 5.26 Å². The molecule has 2 saturated carbocycles. The summed E-state index contributed by atoms with van der Waals surface area (Å²) in [7, 11) is 0. The van der Waals surface area contributed by atoms with Gasteiger partial charge < -0.3 is 0 Å². The molecule has 0 unspecified atom stereocenters. The highest BCUT2D eigenvalue weighted by Gasteiger charge is 2.35. The van der Waals surface area contributed by atoms with Crippen molar-refractivity contribution in [2.24, 2.45) is 11.3 Å².